The lowest BCUT2D eigenvalue weighted by Gasteiger charge is -2.35. The van der Waals surface area contributed by atoms with Crippen molar-refractivity contribution >= 4 is 31.6 Å². The maximum Gasteiger partial charge on any atom is 0.242 e. The molecule has 2 aliphatic heterocycles. The number of hydrogen-bond donors (Lipinski definition) is 2. The highest BCUT2D eigenvalue weighted by Gasteiger charge is 2.33. The van der Waals surface area contributed by atoms with E-state index >= 15 is 0 Å². The Hall–Kier alpha value is -0.630. The summed E-state index contributed by atoms with van der Waals surface area (Å²) in [6.45, 7) is 2.14. The molecular weight excluding hydrogens is 354 g/mol. The predicted octanol–water partition coefficient (Wildman–Crippen LogP) is 1.94. The number of sulfonamides is 1. The molecule has 0 aromatic heterocycles. The molecule has 0 aliphatic carbocycles. The third-order valence-corrected chi connectivity index (χ3v) is 6.90. The van der Waals surface area contributed by atoms with E-state index in [4.69, 9.17) is 5.73 Å². The number of fused-ring (bicyclic) bond motifs is 1. The second kappa shape index (κ2) is 5.87. The lowest BCUT2D eigenvalue weighted by atomic mass is 9.99. The van der Waals surface area contributed by atoms with Gasteiger partial charge in [0.1, 0.15) is 0 Å². The summed E-state index contributed by atoms with van der Waals surface area (Å²) in [6, 6.07) is 5.40. The number of nitrogen functional groups attached to an aromatic ring is 1. The van der Waals surface area contributed by atoms with Gasteiger partial charge in [-0.2, -0.15) is 0 Å². The van der Waals surface area contributed by atoms with E-state index in [1.165, 1.54) is 18.9 Å². The van der Waals surface area contributed by atoms with Crippen LogP contribution in [0.3, 0.4) is 0 Å². The van der Waals surface area contributed by atoms with E-state index in [1.807, 2.05) is 0 Å². The van der Waals surface area contributed by atoms with Gasteiger partial charge in [-0.05, 0) is 72.9 Å². The first-order chi connectivity index (χ1) is 9.95. The molecule has 1 aromatic carbocycles. The molecule has 2 atom stereocenters. The molecule has 21 heavy (non-hydrogen) atoms. The van der Waals surface area contributed by atoms with Crippen LogP contribution in [0.2, 0.25) is 0 Å². The smallest absolute Gasteiger partial charge is 0.242 e. The Balaban J connectivity index is 1.75. The van der Waals surface area contributed by atoms with E-state index in [-0.39, 0.29) is 10.9 Å². The number of piperidine rings is 1. The zero-order valence-electron chi connectivity index (χ0n) is 11.8. The van der Waals surface area contributed by atoms with Gasteiger partial charge in [-0.1, -0.05) is 0 Å². The standard InChI is InChI=1S/C14H20BrN3O2S/c15-13-4-3-10(16)8-14(13)21(19,20)17-11-5-7-18-6-1-2-12(18)9-11/h3-4,8,11-12,17H,1-2,5-7,9,16H2. The van der Waals surface area contributed by atoms with Crippen LogP contribution in [0.4, 0.5) is 5.69 Å². The third-order valence-electron chi connectivity index (χ3n) is 4.39. The maximum atomic E-state index is 12.6. The number of halogens is 1. The Kier molecular flexibility index (Phi) is 4.27. The first-order valence-electron chi connectivity index (χ1n) is 7.27. The van der Waals surface area contributed by atoms with Crippen LogP contribution >= 0.6 is 15.9 Å². The molecule has 5 nitrogen and oxygen atoms in total. The zero-order valence-corrected chi connectivity index (χ0v) is 14.2. The van der Waals surface area contributed by atoms with Crippen LogP contribution in [0.5, 0.6) is 0 Å². The number of hydrogen-bond acceptors (Lipinski definition) is 4. The van der Waals surface area contributed by atoms with Gasteiger partial charge in [-0.25, -0.2) is 13.1 Å². The van der Waals surface area contributed by atoms with Gasteiger partial charge in [0.15, 0.2) is 0 Å². The van der Waals surface area contributed by atoms with E-state index in [1.54, 1.807) is 12.1 Å². The minimum absolute atomic E-state index is 0.0164. The normalized spacial score (nSPS) is 26.7. The molecule has 2 saturated heterocycles. The van der Waals surface area contributed by atoms with Gasteiger partial charge >= 0.3 is 0 Å². The zero-order chi connectivity index (χ0) is 15.0. The van der Waals surface area contributed by atoms with E-state index in [9.17, 15) is 8.42 Å². The number of benzene rings is 1. The average Bonchev–Trinajstić information content (AvgIpc) is 2.88. The molecule has 0 bridgehead atoms. The third kappa shape index (κ3) is 3.26. The molecule has 2 fully saturated rings. The van der Waals surface area contributed by atoms with Gasteiger partial charge in [0, 0.05) is 22.2 Å². The minimum Gasteiger partial charge on any atom is -0.399 e. The first-order valence-corrected chi connectivity index (χ1v) is 9.55. The highest BCUT2D eigenvalue weighted by atomic mass is 79.9. The van der Waals surface area contributed by atoms with Crippen molar-refractivity contribution in [2.24, 2.45) is 0 Å². The summed E-state index contributed by atoms with van der Waals surface area (Å²) < 4.78 is 28.5. The van der Waals surface area contributed by atoms with Crippen molar-refractivity contribution in [3.63, 3.8) is 0 Å². The molecule has 7 heteroatoms. The first kappa shape index (κ1) is 15.3. The predicted molar refractivity (Wildman–Crippen MR) is 86.5 cm³/mol. The van der Waals surface area contributed by atoms with Crippen molar-refractivity contribution in [3.05, 3.63) is 22.7 Å². The molecule has 2 unspecified atom stereocenters. The summed E-state index contributed by atoms with van der Waals surface area (Å²) >= 11 is 3.29. The second-order valence-electron chi connectivity index (χ2n) is 5.86. The molecule has 2 aliphatic rings. The van der Waals surface area contributed by atoms with E-state index in [2.05, 4.69) is 25.6 Å². The topological polar surface area (TPSA) is 75.4 Å². The molecule has 0 spiro atoms. The molecular formula is C14H20BrN3O2S. The number of rotatable bonds is 3. The van der Waals surface area contributed by atoms with Crippen LogP contribution < -0.4 is 10.5 Å². The maximum absolute atomic E-state index is 12.6. The summed E-state index contributed by atoms with van der Waals surface area (Å²) in [5.41, 5.74) is 6.16. The SMILES string of the molecule is Nc1ccc(Br)c(S(=O)(=O)NC2CCN3CCCC3C2)c1. The van der Waals surface area contributed by atoms with Gasteiger partial charge in [-0.3, -0.25) is 0 Å². The van der Waals surface area contributed by atoms with Gasteiger partial charge < -0.3 is 10.6 Å². The largest absolute Gasteiger partial charge is 0.399 e. The summed E-state index contributed by atoms with van der Waals surface area (Å²) in [7, 11) is -3.54. The van der Waals surface area contributed by atoms with Crippen LogP contribution in [0.1, 0.15) is 25.7 Å². The fourth-order valence-electron chi connectivity index (χ4n) is 3.34. The van der Waals surface area contributed by atoms with Crippen LogP contribution in [0, 0.1) is 0 Å². The van der Waals surface area contributed by atoms with Gasteiger partial charge in [0.05, 0.1) is 4.90 Å². The van der Waals surface area contributed by atoms with Crippen molar-refractivity contribution in [1.29, 1.82) is 0 Å². The van der Waals surface area contributed by atoms with Crippen LogP contribution in [-0.4, -0.2) is 38.5 Å². The van der Waals surface area contributed by atoms with Gasteiger partial charge in [0.2, 0.25) is 10.0 Å². The Morgan fingerprint density at radius 1 is 1.29 bits per heavy atom. The molecule has 116 valence electrons. The average molecular weight is 374 g/mol. The highest BCUT2D eigenvalue weighted by molar-refractivity contribution is 9.10. The van der Waals surface area contributed by atoms with Crippen molar-refractivity contribution in [2.45, 2.75) is 42.7 Å². The van der Waals surface area contributed by atoms with Crippen LogP contribution in [0.25, 0.3) is 0 Å². The molecule has 3 rings (SSSR count). The van der Waals surface area contributed by atoms with E-state index in [0.717, 1.165) is 25.9 Å². The second-order valence-corrected chi connectivity index (χ2v) is 8.40. The summed E-state index contributed by atoms with van der Waals surface area (Å²) in [5.74, 6) is 0. The highest BCUT2D eigenvalue weighted by Crippen LogP contribution is 2.29. The van der Waals surface area contributed by atoms with Crippen molar-refractivity contribution in [1.82, 2.24) is 9.62 Å². The Labute approximate surface area is 134 Å². The van der Waals surface area contributed by atoms with E-state index < -0.39 is 10.0 Å². The fraction of sp³-hybridized carbons (Fsp3) is 0.571. The van der Waals surface area contributed by atoms with E-state index in [0.29, 0.717) is 16.2 Å². The molecule has 0 amide bonds. The van der Waals surface area contributed by atoms with Crippen molar-refractivity contribution in [2.75, 3.05) is 18.8 Å². The van der Waals surface area contributed by atoms with Gasteiger partial charge in [0.25, 0.3) is 0 Å². The lowest BCUT2D eigenvalue weighted by molar-refractivity contribution is 0.176. The monoisotopic (exact) mass is 373 g/mol. The number of nitrogens with one attached hydrogen (secondary N) is 1. The van der Waals surface area contributed by atoms with Crippen LogP contribution in [0.15, 0.2) is 27.6 Å². The van der Waals surface area contributed by atoms with Crippen LogP contribution in [-0.2, 0) is 10.0 Å². The molecule has 1 aromatic rings. The number of anilines is 1. The summed E-state index contributed by atoms with van der Waals surface area (Å²) in [4.78, 5) is 2.69. The van der Waals surface area contributed by atoms with Crippen molar-refractivity contribution < 1.29 is 8.42 Å². The summed E-state index contributed by atoms with van der Waals surface area (Å²) in [5, 5.41) is 0. The number of nitrogens with two attached hydrogens (primary N) is 1. The lowest BCUT2D eigenvalue weighted by Crippen LogP contribution is -2.47. The molecule has 2 heterocycles. The van der Waals surface area contributed by atoms with Gasteiger partial charge in [-0.15, -0.1) is 0 Å². The Bertz CT molecular complexity index is 635. The Morgan fingerprint density at radius 3 is 2.90 bits per heavy atom. The fourth-order valence-corrected chi connectivity index (χ4v) is 5.62. The Morgan fingerprint density at radius 2 is 2.10 bits per heavy atom. The quantitative estimate of drug-likeness (QED) is 0.793. The van der Waals surface area contributed by atoms with Crippen molar-refractivity contribution in [3.8, 4) is 0 Å². The molecule has 3 N–H and O–H groups in total. The minimum atomic E-state index is -3.54. The summed E-state index contributed by atoms with van der Waals surface area (Å²) in [6.07, 6.45) is 4.18. The molecule has 0 radical (unpaired) electrons. The number of nitrogens with zero attached hydrogens (tertiary/aromatic N) is 1. The molecule has 0 saturated carbocycles.